The number of hydrogen-bond donors (Lipinski definition) is 1. The van der Waals surface area contributed by atoms with Gasteiger partial charge in [-0.3, -0.25) is 4.90 Å². The summed E-state index contributed by atoms with van der Waals surface area (Å²) in [5, 5.41) is 3.26. The molecule has 2 aliphatic rings. The number of carbonyl (C=O) groups excluding carboxylic acids is 1. The van der Waals surface area contributed by atoms with Crippen LogP contribution in [0.25, 0.3) is 0 Å². The topological polar surface area (TPSA) is 120 Å². The van der Waals surface area contributed by atoms with E-state index in [0.717, 1.165) is 61.4 Å². The molecule has 0 spiro atoms. The molecule has 3 heterocycles. The highest BCUT2D eigenvalue weighted by atomic mass is 16.7. The second-order valence-corrected chi connectivity index (χ2v) is 12.8. The molecule has 3 aromatic carbocycles. The van der Waals surface area contributed by atoms with Crippen LogP contribution in [-0.2, 0) is 6.54 Å². The lowest BCUT2D eigenvalue weighted by Crippen LogP contribution is -2.44. The number of benzene rings is 3. The maximum Gasteiger partial charge on any atom is 0.421 e. The summed E-state index contributed by atoms with van der Waals surface area (Å²) in [6, 6.07) is 14.8. The van der Waals surface area contributed by atoms with Crippen LogP contribution in [0.5, 0.6) is 34.5 Å². The molecule has 270 valence electrons. The first-order chi connectivity index (χ1) is 24.7. The number of methoxy groups -OCH3 is 2. The number of carbonyl (C=O) groups is 1. The van der Waals surface area contributed by atoms with Crippen LogP contribution in [0.4, 0.5) is 22.2 Å². The second-order valence-electron chi connectivity index (χ2n) is 12.8. The molecule has 4 aromatic rings. The quantitative estimate of drug-likeness (QED) is 0.162. The van der Waals surface area contributed by atoms with E-state index in [1.807, 2.05) is 57.2 Å². The Kier molecular flexibility index (Phi) is 11.3. The number of ether oxygens (including phenoxy) is 6. The third-order valence-corrected chi connectivity index (χ3v) is 8.88. The molecule has 51 heavy (non-hydrogen) atoms. The maximum atomic E-state index is 14.0. The van der Waals surface area contributed by atoms with Gasteiger partial charge in [-0.1, -0.05) is 23.8 Å². The van der Waals surface area contributed by atoms with Crippen molar-refractivity contribution >= 4 is 23.5 Å². The molecule has 0 radical (unpaired) electrons. The van der Waals surface area contributed by atoms with Gasteiger partial charge in [0.05, 0.1) is 27.4 Å². The van der Waals surface area contributed by atoms with Gasteiger partial charge in [0.1, 0.15) is 11.6 Å². The summed E-state index contributed by atoms with van der Waals surface area (Å²) >= 11 is 0. The third-order valence-electron chi connectivity index (χ3n) is 8.88. The zero-order chi connectivity index (χ0) is 35.9. The Labute approximate surface area is 299 Å². The van der Waals surface area contributed by atoms with Crippen molar-refractivity contribution in [2.24, 2.45) is 0 Å². The lowest BCUT2D eigenvalue weighted by atomic mass is 10.1. The average molecular weight is 699 g/mol. The fourth-order valence-corrected chi connectivity index (χ4v) is 6.27. The molecule has 0 bridgehead atoms. The number of piperazine rings is 1. The lowest BCUT2D eigenvalue weighted by Gasteiger charge is -2.32. The number of nitrogens with one attached hydrogen (secondary N) is 1. The molecule has 1 N–H and O–H groups in total. The smallest absolute Gasteiger partial charge is 0.421 e. The highest BCUT2D eigenvalue weighted by Crippen LogP contribution is 2.41. The van der Waals surface area contributed by atoms with Gasteiger partial charge in [0.25, 0.3) is 0 Å². The highest BCUT2D eigenvalue weighted by molar-refractivity contribution is 5.88. The summed E-state index contributed by atoms with van der Waals surface area (Å²) in [6.45, 7) is 11.9. The Balaban J connectivity index is 1.23. The predicted octanol–water partition coefficient (Wildman–Crippen LogP) is 6.11. The van der Waals surface area contributed by atoms with Crippen LogP contribution in [0.3, 0.4) is 0 Å². The van der Waals surface area contributed by atoms with Crippen molar-refractivity contribution in [3.8, 4) is 34.5 Å². The van der Waals surface area contributed by atoms with E-state index in [-0.39, 0.29) is 19.3 Å². The minimum Gasteiger partial charge on any atom is -0.493 e. The van der Waals surface area contributed by atoms with Crippen molar-refractivity contribution in [1.82, 2.24) is 19.8 Å². The molecule has 1 saturated heterocycles. The lowest BCUT2D eigenvalue weighted by molar-refractivity contribution is 0.145. The van der Waals surface area contributed by atoms with Crippen molar-refractivity contribution in [3.63, 3.8) is 0 Å². The number of fused-ring (bicyclic) bond motifs is 1. The van der Waals surface area contributed by atoms with Gasteiger partial charge in [-0.2, -0.15) is 4.98 Å². The van der Waals surface area contributed by atoms with E-state index in [2.05, 4.69) is 27.1 Å². The summed E-state index contributed by atoms with van der Waals surface area (Å²) in [5.74, 6) is 3.88. The van der Waals surface area contributed by atoms with Crippen LogP contribution < -0.4 is 38.6 Å². The first kappa shape index (κ1) is 35.6. The van der Waals surface area contributed by atoms with Gasteiger partial charge in [0.2, 0.25) is 18.5 Å². The summed E-state index contributed by atoms with van der Waals surface area (Å²) in [5.41, 5.74) is 4.23. The van der Waals surface area contributed by atoms with Gasteiger partial charge in [-0.05, 0) is 69.1 Å². The number of nitrogens with zero attached hydrogens (tertiary/aromatic N) is 5. The van der Waals surface area contributed by atoms with Gasteiger partial charge >= 0.3 is 6.09 Å². The second kappa shape index (κ2) is 16.2. The van der Waals surface area contributed by atoms with Gasteiger partial charge in [0.15, 0.2) is 23.0 Å². The predicted molar refractivity (Wildman–Crippen MR) is 194 cm³/mol. The van der Waals surface area contributed by atoms with E-state index < -0.39 is 6.09 Å². The van der Waals surface area contributed by atoms with Crippen molar-refractivity contribution in [1.29, 1.82) is 0 Å². The molecule has 13 nitrogen and oxygen atoms in total. The average Bonchev–Trinajstić information content (AvgIpc) is 3.59. The molecule has 1 aromatic heterocycles. The molecule has 0 unspecified atom stereocenters. The molecule has 1 amide bonds. The van der Waals surface area contributed by atoms with Gasteiger partial charge in [-0.15, -0.1) is 0 Å². The Morgan fingerprint density at radius 2 is 1.65 bits per heavy atom. The zero-order valence-corrected chi connectivity index (χ0v) is 30.2. The number of likely N-dealkylation sites (N-methyl/N-ethyl adjacent to an activating group) is 1. The van der Waals surface area contributed by atoms with Gasteiger partial charge < -0.3 is 43.5 Å². The van der Waals surface area contributed by atoms with Crippen LogP contribution in [0.1, 0.15) is 28.7 Å². The molecular weight excluding hydrogens is 652 g/mol. The first-order valence-electron chi connectivity index (χ1n) is 17.1. The van der Waals surface area contributed by atoms with E-state index in [4.69, 9.17) is 33.4 Å². The minimum absolute atomic E-state index is 0.150. The molecule has 6 rings (SSSR count). The van der Waals surface area contributed by atoms with E-state index in [9.17, 15) is 4.79 Å². The largest absolute Gasteiger partial charge is 0.493 e. The monoisotopic (exact) mass is 698 g/mol. The third kappa shape index (κ3) is 8.73. The molecular formula is C38H46N6O7. The van der Waals surface area contributed by atoms with Crippen LogP contribution in [0, 0.1) is 20.8 Å². The molecule has 1 fully saturated rings. The van der Waals surface area contributed by atoms with E-state index >= 15 is 0 Å². The number of anilines is 3. The molecule has 13 heteroatoms. The van der Waals surface area contributed by atoms with Crippen molar-refractivity contribution in [2.45, 2.75) is 33.7 Å². The van der Waals surface area contributed by atoms with Gasteiger partial charge in [0, 0.05) is 56.7 Å². The summed E-state index contributed by atoms with van der Waals surface area (Å²) < 4.78 is 34.7. The van der Waals surface area contributed by atoms with Crippen molar-refractivity contribution in [2.75, 3.05) is 77.6 Å². The molecule has 2 aliphatic heterocycles. The highest BCUT2D eigenvalue weighted by Gasteiger charge is 2.24. The number of rotatable bonds is 13. The number of hydrogen-bond acceptors (Lipinski definition) is 12. The van der Waals surface area contributed by atoms with Crippen molar-refractivity contribution < 1.29 is 33.2 Å². The Morgan fingerprint density at radius 1 is 0.902 bits per heavy atom. The fourth-order valence-electron chi connectivity index (χ4n) is 6.27. The van der Waals surface area contributed by atoms with Crippen molar-refractivity contribution in [3.05, 3.63) is 77.0 Å². The van der Waals surface area contributed by atoms with E-state index in [1.54, 1.807) is 32.5 Å². The SMILES string of the molecule is COc1cc(Nc2nccc(N(Cc3ccc4c(c3)OCO4)C(=O)Oc3c(C)cc(C)cc3C)n2)cc(OCCCN2CCN(C)CC2)c1OC. The number of aryl methyl sites for hydroxylation is 3. The van der Waals surface area contributed by atoms with Crippen LogP contribution in [-0.4, -0.2) is 93.3 Å². The van der Waals surface area contributed by atoms with Crippen LogP contribution in [0.2, 0.25) is 0 Å². The number of amides is 1. The zero-order valence-electron chi connectivity index (χ0n) is 30.2. The standard InChI is InChI=1S/C38H46N6O7/c1-25-18-26(2)35(27(3)19-25)51-38(45)44(23-28-8-9-30-31(20-28)50-24-49-30)34-10-11-39-37(41-34)40-29-21-32(46-5)36(47-6)33(22-29)48-17-7-12-43-15-13-42(4)14-16-43/h8-11,18-22H,7,12-17,23-24H2,1-6H3,(H,39,40,41). The maximum absolute atomic E-state index is 14.0. The Hall–Kier alpha value is -5.27. The summed E-state index contributed by atoms with van der Waals surface area (Å²) in [7, 11) is 5.32. The van der Waals surface area contributed by atoms with E-state index in [1.165, 1.54) is 4.90 Å². The normalized spacial score (nSPS) is 14.2. The molecule has 0 aliphatic carbocycles. The fraction of sp³-hybridized carbons (Fsp3) is 0.395. The molecule has 0 saturated carbocycles. The Morgan fingerprint density at radius 3 is 2.39 bits per heavy atom. The van der Waals surface area contributed by atoms with E-state index in [0.29, 0.717) is 52.6 Å². The Bertz CT molecular complexity index is 1820. The summed E-state index contributed by atoms with van der Waals surface area (Å²) in [6.07, 6.45) is 1.86. The van der Waals surface area contributed by atoms with Gasteiger partial charge in [-0.25, -0.2) is 9.78 Å². The minimum atomic E-state index is -0.592. The summed E-state index contributed by atoms with van der Waals surface area (Å²) in [4.78, 5) is 29.4. The first-order valence-corrected chi connectivity index (χ1v) is 17.1. The number of aromatic nitrogens is 2. The van der Waals surface area contributed by atoms with Crippen LogP contribution in [0.15, 0.2) is 54.7 Å². The van der Waals surface area contributed by atoms with Crippen LogP contribution >= 0.6 is 0 Å². The molecule has 0 atom stereocenters.